The Balaban J connectivity index is 1.95. The molecule has 2 rings (SSSR count). The summed E-state index contributed by atoms with van der Waals surface area (Å²) in [5, 5.41) is 6.47. The molecule has 3 amide bonds. The van der Waals surface area contributed by atoms with Crippen molar-refractivity contribution < 1.29 is 14.1 Å². The van der Waals surface area contributed by atoms with Crippen molar-refractivity contribution in [3.8, 4) is 0 Å². The summed E-state index contributed by atoms with van der Waals surface area (Å²) in [5.41, 5.74) is 5.18. The van der Waals surface area contributed by atoms with Gasteiger partial charge in [-0.15, -0.1) is 0 Å². The van der Waals surface area contributed by atoms with Crippen molar-refractivity contribution in [3.63, 3.8) is 0 Å². The molecule has 0 aromatic carbocycles. The van der Waals surface area contributed by atoms with E-state index < -0.39 is 12.1 Å². The largest absolute Gasteiger partial charge is 0.352 e. The van der Waals surface area contributed by atoms with Gasteiger partial charge in [-0.05, 0) is 25.2 Å². The average molecular weight is 323 g/mol. The standard InChI is InChI=1S/C15H25N5O3/c1-3-5-12(18-15(16)22)14(21)20-7-4-6-11(9-20)8-13-17-10(2)23-19-13/h11-12H,3-9H2,1-2H3,(H3,16,18,22)/t11?,12-/m1/s1. The molecule has 0 saturated carbocycles. The smallest absolute Gasteiger partial charge is 0.312 e. The van der Waals surface area contributed by atoms with Crippen LogP contribution in [0.15, 0.2) is 4.52 Å². The zero-order chi connectivity index (χ0) is 16.8. The Kier molecular flexibility index (Phi) is 5.95. The van der Waals surface area contributed by atoms with Crippen molar-refractivity contribution in [2.24, 2.45) is 11.7 Å². The quantitative estimate of drug-likeness (QED) is 0.810. The monoisotopic (exact) mass is 323 g/mol. The van der Waals surface area contributed by atoms with Gasteiger partial charge in [-0.3, -0.25) is 4.79 Å². The number of rotatable bonds is 6. The van der Waals surface area contributed by atoms with Gasteiger partial charge in [-0.25, -0.2) is 4.79 Å². The molecule has 0 aliphatic carbocycles. The van der Waals surface area contributed by atoms with Crippen LogP contribution in [0.2, 0.25) is 0 Å². The first-order chi connectivity index (χ1) is 11.0. The zero-order valence-corrected chi connectivity index (χ0v) is 13.7. The number of urea groups is 1. The Morgan fingerprint density at radius 3 is 2.91 bits per heavy atom. The first-order valence-electron chi connectivity index (χ1n) is 8.13. The van der Waals surface area contributed by atoms with Crippen LogP contribution in [0.25, 0.3) is 0 Å². The summed E-state index contributed by atoms with van der Waals surface area (Å²) in [6.45, 7) is 5.09. The molecule has 2 atom stereocenters. The Labute approximate surface area is 135 Å². The first kappa shape index (κ1) is 17.2. The van der Waals surface area contributed by atoms with Crippen LogP contribution in [0, 0.1) is 12.8 Å². The number of nitrogens with two attached hydrogens (primary N) is 1. The predicted molar refractivity (Wildman–Crippen MR) is 83.5 cm³/mol. The van der Waals surface area contributed by atoms with Gasteiger partial charge in [0.25, 0.3) is 0 Å². The van der Waals surface area contributed by atoms with Crippen LogP contribution in [0.3, 0.4) is 0 Å². The number of carbonyl (C=O) groups excluding carboxylic acids is 2. The van der Waals surface area contributed by atoms with E-state index in [0.29, 0.717) is 43.6 Å². The SMILES string of the molecule is CCC[C@@H](NC(N)=O)C(=O)N1CCCC(Cc2noc(C)n2)C1. The molecular formula is C15H25N5O3. The molecule has 1 aromatic rings. The minimum atomic E-state index is -0.660. The Morgan fingerprint density at radius 2 is 2.30 bits per heavy atom. The highest BCUT2D eigenvalue weighted by Gasteiger charge is 2.29. The lowest BCUT2D eigenvalue weighted by Gasteiger charge is -2.34. The number of carbonyl (C=O) groups is 2. The number of likely N-dealkylation sites (tertiary alicyclic amines) is 1. The number of aromatic nitrogens is 2. The number of nitrogens with one attached hydrogen (secondary N) is 1. The molecule has 2 heterocycles. The van der Waals surface area contributed by atoms with Crippen LogP contribution in [0.4, 0.5) is 4.79 Å². The Morgan fingerprint density at radius 1 is 1.52 bits per heavy atom. The van der Waals surface area contributed by atoms with Crippen molar-refractivity contribution in [2.45, 2.75) is 52.0 Å². The highest BCUT2D eigenvalue weighted by atomic mass is 16.5. The average Bonchev–Trinajstić information content (AvgIpc) is 2.91. The van der Waals surface area contributed by atoms with Gasteiger partial charge in [0.1, 0.15) is 6.04 Å². The van der Waals surface area contributed by atoms with E-state index in [1.54, 1.807) is 6.92 Å². The van der Waals surface area contributed by atoms with Gasteiger partial charge < -0.3 is 20.5 Å². The van der Waals surface area contributed by atoms with E-state index in [0.717, 1.165) is 19.3 Å². The lowest BCUT2D eigenvalue weighted by Crippen LogP contribution is -2.52. The fourth-order valence-electron chi connectivity index (χ4n) is 3.05. The number of amides is 3. The van der Waals surface area contributed by atoms with Crippen molar-refractivity contribution >= 4 is 11.9 Å². The fraction of sp³-hybridized carbons (Fsp3) is 0.733. The highest BCUT2D eigenvalue weighted by Crippen LogP contribution is 2.21. The van der Waals surface area contributed by atoms with E-state index in [4.69, 9.17) is 10.3 Å². The van der Waals surface area contributed by atoms with Gasteiger partial charge in [0.15, 0.2) is 5.82 Å². The normalized spacial score (nSPS) is 19.4. The highest BCUT2D eigenvalue weighted by molar-refractivity contribution is 5.86. The number of nitrogens with zero attached hydrogens (tertiary/aromatic N) is 3. The molecule has 128 valence electrons. The number of aryl methyl sites for hydroxylation is 1. The second-order valence-electron chi connectivity index (χ2n) is 6.08. The van der Waals surface area contributed by atoms with Crippen LogP contribution in [0.1, 0.15) is 44.3 Å². The van der Waals surface area contributed by atoms with Gasteiger partial charge in [-0.2, -0.15) is 4.98 Å². The summed E-state index contributed by atoms with van der Waals surface area (Å²) < 4.78 is 4.99. The molecule has 0 spiro atoms. The molecular weight excluding hydrogens is 298 g/mol. The molecule has 0 bridgehead atoms. The van der Waals surface area contributed by atoms with Crippen LogP contribution in [0.5, 0.6) is 0 Å². The van der Waals surface area contributed by atoms with E-state index in [-0.39, 0.29) is 5.91 Å². The molecule has 1 unspecified atom stereocenters. The maximum absolute atomic E-state index is 12.6. The maximum Gasteiger partial charge on any atom is 0.312 e. The minimum Gasteiger partial charge on any atom is -0.352 e. The molecule has 8 heteroatoms. The number of hydrogen-bond donors (Lipinski definition) is 2. The number of hydrogen-bond acceptors (Lipinski definition) is 5. The van der Waals surface area contributed by atoms with Crippen molar-refractivity contribution in [1.82, 2.24) is 20.4 Å². The molecule has 1 aliphatic heterocycles. The molecule has 23 heavy (non-hydrogen) atoms. The summed E-state index contributed by atoms with van der Waals surface area (Å²) >= 11 is 0. The van der Waals surface area contributed by atoms with Crippen molar-refractivity contribution in [1.29, 1.82) is 0 Å². The molecule has 1 saturated heterocycles. The number of piperidine rings is 1. The van der Waals surface area contributed by atoms with E-state index in [9.17, 15) is 9.59 Å². The topological polar surface area (TPSA) is 114 Å². The summed E-state index contributed by atoms with van der Waals surface area (Å²) in [6.07, 6.45) is 4.05. The summed E-state index contributed by atoms with van der Waals surface area (Å²) in [4.78, 5) is 29.8. The van der Waals surface area contributed by atoms with Crippen molar-refractivity contribution in [2.75, 3.05) is 13.1 Å². The third-order valence-electron chi connectivity index (χ3n) is 4.06. The van der Waals surface area contributed by atoms with Gasteiger partial charge >= 0.3 is 6.03 Å². The Bertz CT molecular complexity index is 545. The Hall–Kier alpha value is -2.12. The second kappa shape index (κ2) is 7.94. The number of primary amides is 1. The second-order valence-corrected chi connectivity index (χ2v) is 6.08. The lowest BCUT2D eigenvalue weighted by molar-refractivity contribution is -0.135. The fourth-order valence-corrected chi connectivity index (χ4v) is 3.05. The third-order valence-corrected chi connectivity index (χ3v) is 4.06. The van der Waals surface area contributed by atoms with E-state index in [1.807, 2.05) is 11.8 Å². The van der Waals surface area contributed by atoms with E-state index >= 15 is 0 Å². The maximum atomic E-state index is 12.6. The van der Waals surface area contributed by atoms with Crippen LogP contribution < -0.4 is 11.1 Å². The van der Waals surface area contributed by atoms with E-state index in [2.05, 4.69) is 15.5 Å². The van der Waals surface area contributed by atoms with Gasteiger partial charge in [-0.1, -0.05) is 18.5 Å². The van der Waals surface area contributed by atoms with E-state index in [1.165, 1.54) is 0 Å². The first-order valence-corrected chi connectivity index (χ1v) is 8.13. The molecule has 3 N–H and O–H groups in total. The molecule has 8 nitrogen and oxygen atoms in total. The van der Waals surface area contributed by atoms with Gasteiger partial charge in [0.05, 0.1) is 0 Å². The molecule has 1 aromatic heterocycles. The van der Waals surface area contributed by atoms with Crippen LogP contribution in [-0.4, -0.2) is 46.1 Å². The summed E-state index contributed by atoms with van der Waals surface area (Å²) in [5.74, 6) is 1.49. The van der Waals surface area contributed by atoms with Gasteiger partial charge in [0, 0.05) is 26.4 Å². The minimum absolute atomic E-state index is 0.0559. The predicted octanol–water partition coefficient (Wildman–Crippen LogP) is 0.996. The van der Waals surface area contributed by atoms with Crippen LogP contribution >= 0.6 is 0 Å². The third kappa shape index (κ3) is 4.94. The van der Waals surface area contributed by atoms with Gasteiger partial charge in [0.2, 0.25) is 11.8 Å². The molecule has 1 aliphatic rings. The zero-order valence-electron chi connectivity index (χ0n) is 13.7. The molecule has 1 fully saturated rings. The van der Waals surface area contributed by atoms with Crippen LogP contribution in [-0.2, 0) is 11.2 Å². The lowest BCUT2D eigenvalue weighted by atomic mass is 9.93. The summed E-state index contributed by atoms with van der Waals surface area (Å²) in [6, 6.07) is -1.20. The van der Waals surface area contributed by atoms with Crippen molar-refractivity contribution in [3.05, 3.63) is 11.7 Å². The molecule has 0 radical (unpaired) electrons. The summed E-state index contributed by atoms with van der Waals surface area (Å²) in [7, 11) is 0.